The fourth-order valence-corrected chi connectivity index (χ4v) is 1.45. The van der Waals surface area contributed by atoms with Crippen molar-refractivity contribution in [1.82, 2.24) is 9.80 Å². The topological polar surface area (TPSA) is 87.9 Å². The Labute approximate surface area is 95.6 Å². The zero-order valence-electron chi connectivity index (χ0n) is 8.87. The van der Waals surface area contributed by atoms with E-state index in [1.807, 2.05) is 0 Å². The minimum atomic E-state index is -0.901. The van der Waals surface area contributed by atoms with E-state index in [1.54, 1.807) is 0 Å². The Balaban J connectivity index is 2.19. The SMILES string of the molecule is CN1C(=O)C(=O)N(Cc2ccc(C=O)o2)C1=O. The van der Waals surface area contributed by atoms with Crippen LogP contribution >= 0.6 is 0 Å². The summed E-state index contributed by atoms with van der Waals surface area (Å²) < 4.78 is 5.02. The molecular weight excluding hydrogens is 228 g/mol. The molecular formula is C10H8N2O5. The summed E-state index contributed by atoms with van der Waals surface area (Å²) in [6.45, 7) is -0.165. The van der Waals surface area contributed by atoms with Crippen LogP contribution in [0.5, 0.6) is 0 Å². The average molecular weight is 236 g/mol. The van der Waals surface area contributed by atoms with Crippen LogP contribution in [0.25, 0.3) is 0 Å². The van der Waals surface area contributed by atoms with E-state index in [0.29, 0.717) is 6.29 Å². The number of amides is 4. The zero-order valence-corrected chi connectivity index (χ0v) is 8.87. The number of hydrogen-bond donors (Lipinski definition) is 0. The number of carbonyl (C=O) groups is 4. The van der Waals surface area contributed by atoms with Crippen LogP contribution in [0.1, 0.15) is 16.3 Å². The van der Waals surface area contributed by atoms with Gasteiger partial charge in [-0.15, -0.1) is 0 Å². The van der Waals surface area contributed by atoms with Crippen LogP contribution in [0.3, 0.4) is 0 Å². The molecule has 0 spiro atoms. The number of carbonyl (C=O) groups excluding carboxylic acids is 4. The van der Waals surface area contributed by atoms with Crippen LogP contribution < -0.4 is 0 Å². The molecule has 0 aromatic carbocycles. The lowest BCUT2D eigenvalue weighted by molar-refractivity contribution is -0.143. The molecule has 1 aromatic heterocycles. The highest BCUT2D eigenvalue weighted by molar-refractivity contribution is 6.44. The maximum absolute atomic E-state index is 11.5. The summed E-state index contributed by atoms with van der Waals surface area (Å²) in [7, 11) is 1.22. The van der Waals surface area contributed by atoms with Crippen LogP contribution in [0.4, 0.5) is 4.79 Å². The van der Waals surface area contributed by atoms with E-state index in [9.17, 15) is 19.2 Å². The van der Waals surface area contributed by atoms with Crippen LogP contribution in [-0.4, -0.2) is 41.0 Å². The number of rotatable bonds is 3. The molecule has 0 radical (unpaired) electrons. The third-order valence-corrected chi connectivity index (χ3v) is 2.36. The van der Waals surface area contributed by atoms with Gasteiger partial charge in [-0.2, -0.15) is 0 Å². The molecule has 1 aliphatic heterocycles. The molecule has 0 bridgehead atoms. The minimum absolute atomic E-state index is 0.0961. The predicted octanol–water partition coefficient (Wildman–Crippen LogP) is 0.0127. The van der Waals surface area contributed by atoms with Gasteiger partial charge in [0, 0.05) is 7.05 Å². The van der Waals surface area contributed by atoms with Gasteiger partial charge in [-0.05, 0) is 12.1 Å². The molecule has 88 valence electrons. The summed E-state index contributed by atoms with van der Waals surface area (Å²) in [6, 6.07) is 2.18. The van der Waals surface area contributed by atoms with Crippen LogP contribution in [0.2, 0.25) is 0 Å². The standard InChI is InChI=1S/C10H8N2O5/c1-11-8(14)9(15)12(10(11)16)4-6-2-3-7(5-13)17-6/h2-3,5H,4H2,1H3. The lowest BCUT2D eigenvalue weighted by atomic mass is 10.4. The summed E-state index contributed by atoms with van der Waals surface area (Å²) in [5.74, 6) is -1.42. The Bertz CT molecular complexity index is 519. The summed E-state index contributed by atoms with van der Waals surface area (Å²) in [5.41, 5.74) is 0. The van der Waals surface area contributed by atoms with E-state index in [4.69, 9.17) is 4.42 Å². The number of aldehydes is 1. The lowest BCUT2D eigenvalue weighted by Crippen LogP contribution is -2.30. The number of urea groups is 1. The maximum atomic E-state index is 11.5. The number of imide groups is 2. The summed E-state index contributed by atoms with van der Waals surface area (Å²) >= 11 is 0. The predicted molar refractivity (Wildman–Crippen MR) is 52.8 cm³/mol. The molecule has 2 heterocycles. The van der Waals surface area contributed by atoms with Crippen molar-refractivity contribution in [2.45, 2.75) is 6.54 Å². The summed E-state index contributed by atoms with van der Waals surface area (Å²) in [5, 5.41) is 0. The summed E-state index contributed by atoms with van der Waals surface area (Å²) in [4.78, 5) is 46.0. The van der Waals surface area contributed by atoms with Gasteiger partial charge in [0.05, 0.1) is 6.54 Å². The van der Waals surface area contributed by atoms with E-state index < -0.39 is 17.8 Å². The van der Waals surface area contributed by atoms with Gasteiger partial charge in [-0.1, -0.05) is 0 Å². The lowest BCUT2D eigenvalue weighted by Gasteiger charge is -2.10. The molecule has 0 aliphatic carbocycles. The highest BCUT2D eigenvalue weighted by Crippen LogP contribution is 2.15. The first-order valence-corrected chi connectivity index (χ1v) is 4.72. The van der Waals surface area contributed by atoms with Crippen molar-refractivity contribution >= 4 is 24.1 Å². The van der Waals surface area contributed by atoms with Crippen LogP contribution in [0.15, 0.2) is 16.5 Å². The maximum Gasteiger partial charge on any atom is 0.334 e. The Morgan fingerprint density at radius 2 is 1.94 bits per heavy atom. The molecule has 0 atom stereocenters. The molecule has 1 fully saturated rings. The highest BCUT2D eigenvalue weighted by Gasteiger charge is 2.42. The van der Waals surface area contributed by atoms with E-state index in [0.717, 1.165) is 9.80 Å². The second-order valence-electron chi connectivity index (χ2n) is 3.46. The average Bonchev–Trinajstić information content (AvgIpc) is 2.85. The molecule has 1 aromatic rings. The van der Waals surface area contributed by atoms with Crippen molar-refractivity contribution in [3.8, 4) is 0 Å². The van der Waals surface area contributed by atoms with Crippen molar-refractivity contribution in [2.75, 3.05) is 7.05 Å². The van der Waals surface area contributed by atoms with Gasteiger partial charge in [0.2, 0.25) is 0 Å². The number of likely N-dealkylation sites (N-methyl/N-ethyl adjacent to an activating group) is 1. The number of furan rings is 1. The largest absolute Gasteiger partial charge is 0.456 e. The van der Waals surface area contributed by atoms with Crippen LogP contribution in [-0.2, 0) is 16.1 Å². The molecule has 2 rings (SSSR count). The molecule has 17 heavy (non-hydrogen) atoms. The molecule has 1 aliphatic rings. The number of hydrogen-bond acceptors (Lipinski definition) is 5. The molecule has 7 nitrogen and oxygen atoms in total. The van der Waals surface area contributed by atoms with Crippen LogP contribution in [0, 0.1) is 0 Å². The van der Waals surface area contributed by atoms with Crippen molar-refractivity contribution in [2.24, 2.45) is 0 Å². The normalized spacial score (nSPS) is 15.9. The Morgan fingerprint density at radius 3 is 2.41 bits per heavy atom. The van der Waals surface area contributed by atoms with Crippen molar-refractivity contribution in [3.05, 3.63) is 23.7 Å². The highest BCUT2D eigenvalue weighted by atomic mass is 16.3. The molecule has 1 saturated heterocycles. The molecule has 0 N–H and O–H groups in total. The Kier molecular flexibility index (Phi) is 2.51. The molecule has 0 saturated carbocycles. The van der Waals surface area contributed by atoms with Gasteiger partial charge >= 0.3 is 17.8 Å². The van der Waals surface area contributed by atoms with Crippen molar-refractivity contribution in [3.63, 3.8) is 0 Å². The second-order valence-corrected chi connectivity index (χ2v) is 3.46. The van der Waals surface area contributed by atoms with Crippen molar-refractivity contribution in [1.29, 1.82) is 0 Å². The van der Waals surface area contributed by atoms with E-state index in [-0.39, 0.29) is 18.1 Å². The molecule has 4 amide bonds. The Morgan fingerprint density at radius 1 is 1.24 bits per heavy atom. The van der Waals surface area contributed by atoms with E-state index >= 15 is 0 Å². The quantitative estimate of drug-likeness (QED) is 0.419. The smallest absolute Gasteiger partial charge is 0.334 e. The first-order valence-electron chi connectivity index (χ1n) is 4.72. The van der Waals surface area contributed by atoms with Gasteiger partial charge in [-0.25, -0.2) is 9.69 Å². The van der Waals surface area contributed by atoms with Gasteiger partial charge < -0.3 is 4.42 Å². The summed E-state index contributed by atoms with van der Waals surface area (Å²) in [6.07, 6.45) is 0.508. The van der Waals surface area contributed by atoms with Crippen molar-refractivity contribution < 1.29 is 23.6 Å². The van der Waals surface area contributed by atoms with Gasteiger partial charge in [-0.3, -0.25) is 19.3 Å². The van der Waals surface area contributed by atoms with E-state index in [1.165, 1.54) is 19.2 Å². The Hall–Kier alpha value is -2.44. The van der Waals surface area contributed by atoms with Gasteiger partial charge in [0.1, 0.15) is 5.76 Å². The van der Waals surface area contributed by atoms with Gasteiger partial charge in [0.15, 0.2) is 12.0 Å². The molecule has 0 unspecified atom stereocenters. The first kappa shape index (κ1) is 11.1. The van der Waals surface area contributed by atoms with Gasteiger partial charge in [0.25, 0.3) is 0 Å². The fourth-order valence-electron chi connectivity index (χ4n) is 1.45. The fraction of sp³-hybridized carbons (Fsp3) is 0.200. The monoisotopic (exact) mass is 236 g/mol. The first-order chi connectivity index (χ1) is 8.04. The third kappa shape index (κ3) is 1.71. The second kappa shape index (κ2) is 3.85. The zero-order chi connectivity index (χ0) is 12.6. The number of nitrogens with zero attached hydrogens (tertiary/aromatic N) is 2. The van der Waals surface area contributed by atoms with E-state index in [2.05, 4.69) is 0 Å². The minimum Gasteiger partial charge on any atom is -0.456 e. The molecule has 7 heteroatoms. The third-order valence-electron chi connectivity index (χ3n) is 2.36.